The molecule has 1 unspecified atom stereocenters. The van der Waals surface area contributed by atoms with Gasteiger partial charge in [-0.15, -0.1) is 0 Å². The fraction of sp³-hybridized carbons (Fsp3) is 0.778. The Hall–Kier alpha value is -1.40. The number of hydrogen-bond donors (Lipinski definition) is 2. The Labute approximate surface area is 144 Å². The number of carbonyl (C=O) groups is 1. The van der Waals surface area contributed by atoms with Crippen molar-refractivity contribution in [1.82, 2.24) is 25.3 Å². The van der Waals surface area contributed by atoms with E-state index in [1.54, 1.807) is 6.20 Å². The van der Waals surface area contributed by atoms with E-state index in [0.29, 0.717) is 6.04 Å². The number of amides is 1. The van der Waals surface area contributed by atoms with E-state index in [2.05, 4.69) is 20.6 Å². The molecule has 1 aromatic heterocycles. The van der Waals surface area contributed by atoms with Gasteiger partial charge in [-0.2, -0.15) is 5.10 Å². The van der Waals surface area contributed by atoms with Crippen molar-refractivity contribution in [1.29, 1.82) is 0 Å². The average Bonchev–Trinajstić information content (AvgIpc) is 3.36. The molecule has 6 nitrogen and oxygen atoms in total. The molecule has 1 aromatic rings. The summed E-state index contributed by atoms with van der Waals surface area (Å²) in [5, 5.41) is 11.1. The summed E-state index contributed by atoms with van der Waals surface area (Å²) in [6.07, 6.45) is 11.8. The average molecular weight is 331 g/mol. The van der Waals surface area contributed by atoms with Crippen LogP contribution in [0.25, 0.3) is 0 Å². The summed E-state index contributed by atoms with van der Waals surface area (Å²) in [5.74, 6) is 0.158. The second kappa shape index (κ2) is 6.84. The predicted molar refractivity (Wildman–Crippen MR) is 92.7 cm³/mol. The molecule has 3 heterocycles. The molecule has 1 saturated carbocycles. The van der Waals surface area contributed by atoms with Gasteiger partial charge in [-0.05, 0) is 51.3 Å². The minimum absolute atomic E-state index is 0.158. The number of nitrogens with zero attached hydrogens (tertiary/aromatic N) is 3. The highest BCUT2D eigenvalue weighted by Crippen LogP contribution is 2.29. The molecule has 1 atom stereocenters. The van der Waals surface area contributed by atoms with Crippen molar-refractivity contribution in [2.75, 3.05) is 26.2 Å². The van der Waals surface area contributed by atoms with Gasteiger partial charge in [-0.25, -0.2) is 0 Å². The molecular weight excluding hydrogens is 302 g/mol. The first-order valence-electron chi connectivity index (χ1n) is 9.54. The fourth-order valence-corrected chi connectivity index (χ4v) is 4.75. The predicted octanol–water partition coefficient (Wildman–Crippen LogP) is 1.09. The van der Waals surface area contributed by atoms with Crippen molar-refractivity contribution in [3.05, 3.63) is 18.5 Å². The molecule has 2 N–H and O–H groups in total. The van der Waals surface area contributed by atoms with E-state index in [9.17, 15) is 4.79 Å². The van der Waals surface area contributed by atoms with E-state index in [1.165, 1.54) is 25.7 Å². The number of nitrogens with one attached hydrogen (secondary N) is 2. The summed E-state index contributed by atoms with van der Waals surface area (Å²) in [4.78, 5) is 15.8. The number of likely N-dealkylation sites (tertiary alicyclic amines) is 1. The quantitative estimate of drug-likeness (QED) is 0.867. The zero-order valence-electron chi connectivity index (χ0n) is 14.4. The van der Waals surface area contributed by atoms with Crippen molar-refractivity contribution < 1.29 is 4.79 Å². The number of rotatable bonds is 4. The van der Waals surface area contributed by atoms with Crippen LogP contribution in [0.3, 0.4) is 0 Å². The minimum atomic E-state index is -0.518. The number of aromatic nitrogens is 2. The van der Waals surface area contributed by atoms with Gasteiger partial charge in [0, 0.05) is 37.6 Å². The molecule has 2 saturated heterocycles. The van der Waals surface area contributed by atoms with Gasteiger partial charge in [0.25, 0.3) is 0 Å². The van der Waals surface area contributed by atoms with E-state index in [0.717, 1.165) is 51.5 Å². The van der Waals surface area contributed by atoms with Gasteiger partial charge in [0.05, 0.1) is 0 Å². The summed E-state index contributed by atoms with van der Waals surface area (Å²) in [6.45, 7) is 3.88. The number of carbonyl (C=O) groups excluding carboxylic acids is 1. The Morgan fingerprint density at radius 2 is 2.00 bits per heavy atom. The molecule has 3 fully saturated rings. The van der Waals surface area contributed by atoms with E-state index in [1.807, 2.05) is 16.9 Å². The summed E-state index contributed by atoms with van der Waals surface area (Å²) >= 11 is 0. The SMILES string of the molecule is O=C(NC1CCN(C2CCCC2)C1)C1(n2cccn2)CCNCC1. The second-order valence-corrected chi connectivity index (χ2v) is 7.62. The van der Waals surface area contributed by atoms with Gasteiger partial charge in [0.1, 0.15) is 5.54 Å². The van der Waals surface area contributed by atoms with Crippen molar-refractivity contribution in [2.45, 2.75) is 62.6 Å². The molecule has 1 aliphatic carbocycles. The highest BCUT2D eigenvalue weighted by molar-refractivity contribution is 5.84. The lowest BCUT2D eigenvalue weighted by Crippen LogP contribution is -2.56. The van der Waals surface area contributed by atoms with E-state index in [4.69, 9.17) is 0 Å². The van der Waals surface area contributed by atoms with Crippen LogP contribution in [-0.2, 0) is 10.3 Å². The summed E-state index contributed by atoms with van der Waals surface area (Å²) in [5.41, 5.74) is -0.518. The zero-order valence-corrected chi connectivity index (χ0v) is 14.4. The summed E-state index contributed by atoms with van der Waals surface area (Å²) in [6, 6.07) is 2.96. The van der Waals surface area contributed by atoms with Gasteiger partial charge in [0.2, 0.25) is 5.91 Å². The molecular formula is C18H29N5O. The van der Waals surface area contributed by atoms with E-state index < -0.39 is 5.54 Å². The molecule has 0 radical (unpaired) electrons. The molecule has 0 bridgehead atoms. The first kappa shape index (κ1) is 16.1. The lowest BCUT2D eigenvalue weighted by Gasteiger charge is -2.37. The topological polar surface area (TPSA) is 62.2 Å². The summed E-state index contributed by atoms with van der Waals surface area (Å²) < 4.78 is 1.88. The normalized spacial score (nSPS) is 28.2. The molecule has 0 aromatic carbocycles. The van der Waals surface area contributed by atoms with Crippen LogP contribution in [0.2, 0.25) is 0 Å². The molecule has 24 heavy (non-hydrogen) atoms. The standard InChI is InChI=1S/C18H29N5O/c24-17(18(7-10-19-11-8-18)23-12-3-9-20-23)21-15-6-13-22(14-15)16-4-1-2-5-16/h3,9,12,15-16,19H,1-2,4-8,10-11,13-14H2,(H,21,24). The molecule has 3 aliphatic rings. The maximum absolute atomic E-state index is 13.2. The van der Waals surface area contributed by atoms with Crippen LogP contribution in [0.5, 0.6) is 0 Å². The molecule has 2 aliphatic heterocycles. The third kappa shape index (κ3) is 2.97. The lowest BCUT2D eigenvalue weighted by atomic mass is 9.87. The van der Waals surface area contributed by atoms with Crippen molar-refractivity contribution in [2.24, 2.45) is 0 Å². The zero-order chi connectivity index (χ0) is 16.4. The fourth-order valence-electron chi connectivity index (χ4n) is 4.75. The Balaban J connectivity index is 1.42. The Kier molecular flexibility index (Phi) is 4.59. The van der Waals surface area contributed by atoms with Crippen LogP contribution in [0.15, 0.2) is 18.5 Å². The minimum Gasteiger partial charge on any atom is -0.350 e. The molecule has 1 amide bonds. The third-order valence-corrected chi connectivity index (χ3v) is 6.19. The van der Waals surface area contributed by atoms with E-state index in [-0.39, 0.29) is 5.91 Å². The molecule has 0 spiro atoms. The Morgan fingerprint density at radius 3 is 2.71 bits per heavy atom. The maximum Gasteiger partial charge on any atom is 0.248 e. The molecule has 4 rings (SSSR count). The lowest BCUT2D eigenvalue weighted by molar-refractivity contribution is -0.132. The van der Waals surface area contributed by atoms with Crippen molar-refractivity contribution in [3.8, 4) is 0 Å². The van der Waals surface area contributed by atoms with Gasteiger partial charge in [0.15, 0.2) is 0 Å². The van der Waals surface area contributed by atoms with E-state index >= 15 is 0 Å². The van der Waals surface area contributed by atoms with Gasteiger partial charge >= 0.3 is 0 Å². The smallest absolute Gasteiger partial charge is 0.248 e. The van der Waals surface area contributed by atoms with Crippen LogP contribution >= 0.6 is 0 Å². The molecule has 132 valence electrons. The van der Waals surface area contributed by atoms with Gasteiger partial charge in [-0.3, -0.25) is 14.4 Å². The Bertz CT molecular complexity index is 546. The van der Waals surface area contributed by atoms with Gasteiger partial charge in [-0.1, -0.05) is 12.8 Å². The van der Waals surface area contributed by atoms with Crippen molar-refractivity contribution in [3.63, 3.8) is 0 Å². The highest BCUT2D eigenvalue weighted by atomic mass is 16.2. The molecule has 6 heteroatoms. The first-order chi connectivity index (χ1) is 11.8. The number of piperidine rings is 1. The van der Waals surface area contributed by atoms with Gasteiger partial charge < -0.3 is 10.6 Å². The largest absolute Gasteiger partial charge is 0.350 e. The number of hydrogen-bond acceptors (Lipinski definition) is 4. The Morgan fingerprint density at radius 1 is 1.21 bits per heavy atom. The van der Waals surface area contributed by atoms with Crippen molar-refractivity contribution >= 4 is 5.91 Å². The first-order valence-corrected chi connectivity index (χ1v) is 9.54. The monoisotopic (exact) mass is 331 g/mol. The van der Waals surface area contributed by atoms with Crippen LogP contribution in [-0.4, -0.2) is 58.9 Å². The highest BCUT2D eigenvalue weighted by Gasteiger charge is 2.43. The summed E-state index contributed by atoms with van der Waals surface area (Å²) in [7, 11) is 0. The van der Waals surface area contributed by atoms with Crippen LogP contribution < -0.4 is 10.6 Å². The van der Waals surface area contributed by atoms with Crippen LogP contribution in [0.1, 0.15) is 44.9 Å². The maximum atomic E-state index is 13.2. The van der Waals surface area contributed by atoms with Crippen LogP contribution in [0.4, 0.5) is 0 Å². The second-order valence-electron chi connectivity index (χ2n) is 7.62. The van der Waals surface area contributed by atoms with Crippen LogP contribution in [0, 0.1) is 0 Å². The third-order valence-electron chi connectivity index (χ3n) is 6.19.